The average molecular weight is 364 g/mol. The molecule has 3 rings (SSSR count). The summed E-state index contributed by atoms with van der Waals surface area (Å²) in [7, 11) is -4.04. The normalized spacial score (nSPS) is 15.1. The lowest BCUT2D eigenvalue weighted by Crippen LogP contribution is -2.24. The molecule has 11 heteroatoms. The molecule has 0 aliphatic heterocycles. The van der Waals surface area contributed by atoms with Gasteiger partial charge in [-0.05, 0) is 18.9 Å². The second-order valence-electron chi connectivity index (χ2n) is 4.70. The monoisotopic (exact) mass is 363 g/mol. The zero-order valence-electron chi connectivity index (χ0n) is 10.9. The molecule has 2 heterocycles. The fourth-order valence-corrected chi connectivity index (χ4v) is 4.40. The van der Waals surface area contributed by atoms with Gasteiger partial charge in [0.25, 0.3) is 0 Å². The number of thiophene rings is 1. The first-order valence-corrected chi connectivity index (χ1v) is 8.89. The summed E-state index contributed by atoms with van der Waals surface area (Å²) in [5, 5.41) is 12.7. The summed E-state index contributed by atoms with van der Waals surface area (Å²) in [6.45, 7) is -0.189. The first kappa shape index (κ1) is 15.4. The summed E-state index contributed by atoms with van der Waals surface area (Å²) in [5.41, 5.74) is 0. The summed E-state index contributed by atoms with van der Waals surface area (Å²) in [4.78, 5) is 14.4. The van der Waals surface area contributed by atoms with E-state index in [9.17, 15) is 13.2 Å². The molecule has 1 fully saturated rings. The number of aromatic carboxylic acids is 1. The molecule has 0 spiro atoms. The number of nitrogens with zero attached hydrogens (tertiary/aromatic N) is 2. The lowest BCUT2D eigenvalue weighted by atomic mass is 10.4. The number of carboxylic acids is 1. The van der Waals surface area contributed by atoms with Gasteiger partial charge < -0.3 is 9.63 Å². The minimum Gasteiger partial charge on any atom is -0.477 e. The zero-order chi connectivity index (χ0) is 15.9. The Labute approximate surface area is 134 Å². The van der Waals surface area contributed by atoms with E-state index < -0.39 is 16.0 Å². The number of aromatic nitrogens is 2. The molecule has 0 unspecified atom stereocenters. The van der Waals surface area contributed by atoms with Gasteiger partial charge in [-0.15, -0.1) is 11.3 Å². The highest BCUT2D eigenvalue weighted by Crippen LogP contribution is 2.38. The zero-order valence-corrected chi connectivity index (χ0v) is 13.3. The maximum atomic E-state index is 12.2. The Bertz CT molecular complexity index is 825. The SMILES string of the molecule is O=C(O)c1sc(Cl)cc1S(=O)(=O)NCc1noc(C2CC2)n1. The molecule has 0 amide bonds. The van der Waals surface area contributed by atoms with Crippen LogP contribution < -0.4 is 4.72 Å². The summed E-state index contributed by atoms with van der Waals surface area (Å²) in [5.74, 6) is -0.386. The van der Waals surface area contributed by atoms with Gasteiger partial charge in [0.2, 0.25) is 15.9 Å². The molecule has 0 bridgehead atoms. The molecule has 1 saturated carbocycles. The molecule has 8 nitrogen and oxygen atoms in total. The Morgan fingerprint density at radius 3 is 2.91 bits per heavy atom. The quantitative estimate of drug-likeness (QED) is 0.802. The minimum absolute atomic E-state index is 0.0772. The van der Waals surface area contributed by atoms with Gasteiger partial charge in [-0.1, -0.05) is 16.8 Å². The first-order chi connectivity index (χ1) is 10.4. The van der Waals surface area contributed by atoms with Crippen LogP contribution in [0.1, 0.15) is 40.1 Å². The lowest BCUT2D eigenvalue weighted by Gasteiger charge is -2.03. The standard InChI is InChI=1S/C11H10ClN3O5S2/c12-7-3-6(9(21-7)11(16)17)22(18,19)13-4-8-14-10(20-15-8)5-1-2-5/h3,5,13H,1-2,4H2,(H,16,17). The van der Waals surface area contributed by atoms with Gasteiger partial charge in [-0.3, -0.25) is 0 Å². The predicted molar refractivity (Wildman–Crippen MR) is 76.6 cm³/mol. The predicted octanol–water partition coefficient (Wildman–Crippen LogP) is 1.84. The Morgan fingerprint density at radius 1 is 1.55 bits per heavy atom. The maximum Gasteiger partial charge on any atom is 0.347 e. The minimum atomic E-state index is -4.04. The lowest BCUT2D eigenvalue weighted by molar-refractivity contribution is 0.0698. The van der Waals surface area contributed by atoms with Crippen molar-refractivity contribution < 1.29 is 22.8 Å². The van der Waals surface area contributed by atoms with Crippen LogP contribution in [0.4, 0.5) is 0 Å². The average Bonchev–Trinajstić information content (AvgIpc) is 3.04. The van der Waals surface area contributed by atoms with E-state index in [2.05, 4.69) is 14.9 Å². The van der Waals surface area contributed by atoms with Crippen molar-refractivity contribution in [3.8, 4) is 0 Å². The van der Waals surface area contributed by atoms with Crippen molar-refractivity contribution in [1.29, 1.82) is 0 Å². The summed E-state index contributed by atoms with van der Waals surface area (Å²) in [6.07, 6.45) is 1.98. The number of nitrogens with one attached hydrogen (secondary N) is 1. The number of carbonyl (C=O) groups is 1. The second-order valence-corrected chi connectivity index (χ2v) is 8.12. The van der Waals surface area contributed by atoms with Gasteiger partial charge in [0.05, 0.1) is 10.9 Å². The Kier molecular flexibility index (Phi) is 3.93. The van der Waals surface area contributed by atoms with Crippen LogP contribution in [-0.2, 0) is 16.6 Å². The van der Waals surface area contributed by atoms with Crippen molar-refractivity contribution in [3.05, 3.63) is 27.0 Å². The van der Waals surface area contributed by atoms with E-state index in [1.165, 1.54) is 0 Å². The summed E-state index contributed by atoms with van der Waals surface area (Å²) < 4.78 is 31.7. The van der Waals surface area contributed by atoms with Crippen molar-refractivity contribution in [2.75, 3.05) is 0 Å². The Hall–Kier alpha value is -1.49. The fraction of sp³-hybridized carbons (Fsp3) is 0.364. The molecular weight excluding hydrogens is 354 g/mol. The second kappa shape index (κ2) is 5.61. The number of rotatable bonds is 6. The number of sulfonamides is 1. The summed E-state index contributed by atoms with van der Waals surface area (Å²) >= 11 is 6.39. The third-order valence-electron chi connectivity index (χ3n) is 2.98. The number of hydrogen-bond acceptors (Lipinski definition) is 7. The van der Waals surface area contributed by atoms with Crippen molar-refractivity contribution in [2.24, 2.45) is 0 Å². The molecule has 2 N–H and O–H groups in total. The van der Waals surface area contributed by atoms with Gasteiger partial charge in [0.15, 0.2) is 5.82 Å². The summed E-state index contributed by atoms with van der Waals surface area (Å²) in [6, 6.07) is 1.10. The van der Waals surface area contributed by atoms with Crippen LogP contribution in [0.3, 0.4) is 0 Å². The van der Waals surface area contributed by atoms with Crippen LogP contribution >= 0.6 is 22.9 Å². The molecule has 0 radical (unpaired) electrons. The highest BCUT2D eigenvalue weighted by atomic mass is 35.5. The van der Waals surface area contributed by atoms with Gasteiger partial charge >= 0.3 is 5.97 Å². The van der Waals surface area contributed by atoms with Gasteiger partial charge in [-0.2, -0.15) is 4.98 Å². The van der Waals surface area contributed by atoms with E-state index in [4.69, 9.17) is 21.2 Å². The molecule has 1 aliphatic rings. The molecule has 22 heavy (non-hydrogen) atoms. The number of halogens is 1. The molecule has 2 aromatic heterocycles. The molecule has 0 saturated heterocycles. The van der Waals surface area contributed by atoms with E-state index >= 15 is 0 Å². The van der Waals surface area contributed by atoms with Gasteiger partial charge in [-0.25, -0.2) is 17.9 Å². The highest BCUT2D eigenvalue weighted by molar-refractivity contribution is 7.89. The number of hydrogen-bond donors (Lipinski definition) is 2. The highest BCUT2D eigenvalue weighted by Gasteiger charge is 2.30. The van der Waals surface area contributed by atoms with Crippen molar-refractivity contribution in [2.45, 2.75) is 30.2 Å². The largest absolute Gasteiger partial charge is 0.477 e. The van der Waals surface area contributed by atoms with Crippen molar-refractivity contribution in [1.82, 2.24) is 14.9 Å². The molecular formula is C11H10ClN3O5S2. The van der Waals surface area contributed by atoms with E-state index in [1.54, 1.807) is 0 Å². The smallest absolute Gasteiger partial charge is 0.347 e. The molecule has 118 valence electrons. The molecule has 0 aromatic carbocycles. The Balaban J connectivity index is 1.76. The van der Waals surface area contributed by atoms with E-state index in [1.807, 2.05) is 0 Å². The van der Waals surface area contributed by atoms with Crippen molar-refractivity contribution in [3.63, 3.8) is 0 Å². The molecule has 1 aliphatic carbocycles. The van der Waals surface area contributed by atoms with Crippen LogP contribution in [0.2, 0.25) is 4.34 Å². The van der Waals surface area contributed by atoms with Crippen LogP contribution in [0.5, 0.6) is 0 Å². The van der Waals surface area contributed by atoms with Crippen molar-refractivity contribution >= 4 is 38.9 Å². The third kappa shape index (κ3) is 3.14. The van der Waals surface area contributed by atoms with Gasteiger partial charge in [0.1, 0.15) is 9.77 Å². The van der Waals surface area contributed by atoms with E-state index in [0.717, 1.165) is 18.9 Å². The van der Waals surface area contributed by atoms with E-state index in [-0.39, 0.29) is 32.4 Å². The fourth-order valence-electron chi connectivity index (χ4n) is 1.77. The topological polar surface area (TPSA) is 122 Å². The maximum absolute atomic E-state index is 12.2. The van der Waals surface area contributed by atoms with Crippen LogP contribution in [0.15, 0.2) is 15.5 Å². The third-order valence-corrected chi connectivity index (χ3v) is 5.79. The molecule has 2 aromatic rings. The number of carboxylic acid groups (broad SMARTS) is 1. The van der Waals surface area contributed by atoms with E-state index in [0.29, 0.717) is 17.2 Å². The van der Waals surface area contributed by atoms with Crippen LogP contribution in [0.25, 0.3) is 0 Å². The Morgan fingerprint density at radius 2 is 2.27 bits per heavy atom. The van der Waals surface area contributed by atoms with Crippen LogP contribution in [-0.4, -0.2) is 29.6 Å². The molecule has 0 atom stereocenters. The van der Waals surface area contributed by atoms with Gasteiger partial charge in [0, 0.05) is 5.92 Å². The first-order valence-electron chi connectivity index (χ1n) is 6.21. The van der Waals surface area contributed by atoms with Crippen LogP contribution in [0, 0.1) is 0 Å².